The quantitative estimate of drug-likeness (QED) is 0.871. The Labute approximate surface area is 100 Å². The van der Waals surface area contributed by atoms with Gasteiger partial charge in [0.05, 0.1) is 5.69 Å². The maximum atomic E-state index is 5.62. The molecule has 0 saturated heterocycles. The van der Waals surface area contributed by atoms with Crippen LogP contribution in [0, 0.1) is 0 Å². The molecule has 2 N–H and O–H groups in total. The molecule has 0 aliphatic carbocycles. The number of benzene rings is 1. The summed E-state index contributed by atoms with van der Waals surface area (Å²) in [4.78, 5) is 4.27. The van der Waals surface area contributed by atoms with E-state index in [-0.39, 0.29) is 0 Å². The Hall–Kier alpha value is -1.35. The van der Waals surface area contributed by atoms with Crippen LogP contribution in [0.5, 0.6) is 0 Å². The highest BCUT2D eigenvalue weighted by Crippen LogP contribution is 2.25. The van der Waals surface area contributed by atoms with Crippen LogP contribution in [0.15, 0.2) is 29.6 Å². The minimum absolute atomic E-state index is 0.620. The van der Waals surface area contributed by atoms with Crippen molar-refractivity contribution in [2.45, 2.75) is 26.2 Å². The summed E-state index contributed by atoms with van der Waals surface area (Å²) in [7, 11) is 0. The van der Waals surface area contributed by atoms with E-state index in [4.69, 9.17) is 5.73 Å². The zero-order chi connectivity index (χ0) is 11.5. The molecule has 0 aliphatic rings. The third-order valence-corrected chi connectivity index (χ3v) is 3.58. The Balaban J connectivity index is 2.25. The summed E-state index contributed by atoms with van der Waals surface area (Å²) in [5.74, 6) is 0.620. The monoisotopic (exact) mass is 232 g/mol. The maximum Gasteiger partial charge on any atom is 0.180 e. The van der Waals surface area contributed by atoms with Gasteiger partial charge in [-0.1, -0.05) is 38.1 Å². The van der Waals surface area contributed by atoms with Crippen LogP contribution in [0.25, 0.3) is 11.3 Å². The van der Waals surface area contributed by atoms with E-state index in [0.717, 1.165) is 11.3 Å². The van der Waals surface area contributed by atoms with Gasteiger partial charge in [-0.25, -0.2) is 4.98 Å². The van der Waals surface area contributed by atoms with Gasteiger partial charge in [-0.3, -0.25) is 0 Å². The topological polar surface area (TPSA) is 38.9 Å². The zero-order valence-corrected chi connectivity index (χ0v) is 10.4. The number of hydrogen-bond donors (Lipinski definition) is 1. The van der Waals surface area contributed by atoms with E-state index in [1.165, 1.54) is 23.3 Å². The van der Waals surface area contributed by atoms with E-state index >= 15 is 0 Å². The molecule has 0 radical (unpaired) electrons. The smallest absolute Gasteiger partial charge is 0.180 e. The Bertz CT molecular complexity index is 459. The number of nitrogens with zero attached hydrogens (tertiary/aromatic N) is 1. The average Bonchev–Trinajstić information content (AvgIpc) is 2.75. The van der Waals surface area contributed by atoms with E-state index in [9.17, 15) is 0 Å². The van der Waals surface area contributed by atoms with Gasteiger partial charge in [0, 0.05) is 10.9 Å². The van der Waals surface area contributed by atoms with Crippen LogP contribution in [0.1, 0.15) is 31.7 Å². The van der Waals surface area contributed by atoms with Crippen molar-refractivity contribution in [2.24, 2.45) is 0 Å². The number of nitrogens with two attached hydrogens (primary N) is 1. The summed E-state index contributed by atoms with van der Waals surface area (Å²) in [6.07, 6.45) is 1.17. The molecule has 0 bridgehead atoms. The van der Waals surface area contributed by atoms with Crippen LogP contribution in [-0.2, 0) is 0 Å². The number of anilines is 1. The van der Waals surface area contributed by atoms with Crippen molar-refractivity contribution in [3.63, 3.8) is 0 Å². The van der Waals surface area contributed by atoms with Gasteiger partial charge in [0.25, 0.3) is 0 Å². The predicted molar refractivity (Wildman–Crippen MR) is 70.7 cm³/mol. The Morgan fingerprint density at radius 1 is 1.31 bits per heavy atom. The highest BCUT2D eigenvalue weighted by Gasteiger charge is 2.05. The lowest BCUT2D eigenvalue weighted by Crippen LogP contribution is -1.90. The molecule has 2 rings (SSSR count). The Morgan fingerprint density at radius 2 is 2.00 bits per heavy atom. The maximum absolute atomic E-state index is 5.62. The summed E-state index contributed by atoms with van der Waals surface area (Å²) in [5, 5.41) is 2.62. The van der Waals surface area contributed by atoms with Gasteiger partial charge in [-0.15, -0.1) is 11.3 Å². The fraction of sp³-hybridized carbons (Fsp3) is 0.308. The second-order valence-corrected chi connectivity index (χ2v) is 4.89. The molecule has 16 heavy (non-hydrogen) atoms. The van der Waals surface area contributed by atoms with Crippen molar-refractivity contribution in [1.29, 1.82) is 0 Å². The molecule has 0 saturated carbocycles. The van der Waals surface area contributed by atoms with Gasteiger partial charge in [-0.2, -0.15) is 0 Å². The molecule has 2 nitrogen and oxygen atoms in total. The Kier molecular flexibility index (Phi) is 3.25. The number of thiazole rings is 1. The van der Waals surface area contributed by atoms with Crippen molar-refractivity contribution in [1.82, 2.24) is 4.98 Å². The van der Waals surface area contributed by atoms with Crippen LogP contribution in [0.2, 0.25) is 0 Å². The second kappa shape index (κ2) is 4.66. The second-order valence-electron chi connectivity index (χ2n) is 4.00. The molecule has 0 spiro atoms. The van der Waals surface area contributed by atoms with Crippen LogP contribution < -0.4 is 5.73 Å². The van der Waals surface area contributed by atoms with Gasteiger partial charge < -0.3 is 5.73 Å². The number of nitrogen functional groups attached to an aromatic ring is 1. The molecule has 3 heteroatoms. The summed E-state index contributed by atoms with van der Waals surface area (Å²) in [5.41, 5.74) is 9.12. The molecule has 1 aromatic heterocycles. The molecular weight excluding hydrogens is 216 g/mol. The van der Waals surface area contributed by atoms with Gasteiger partial charge in [0.1, 0.15) is 0 Å². The minimum atomic E-state index is 0.620. The SMILES string of the molecule is CC[C@H](C)c1ccc(-c2csc(N)n2)cc1. The molecule has 2 aromatic rings. The minimum Gasteiger partial charge on any atom is -0.375 e. The lowest BCUT2D eigenvalue weighted by Gasteiger charge is -2.08. The van der Waals surface area contributed by atoms with Crippen molar-refractivity contribution >= 4 is 16.5 Å². The lowest BCUT2D eigenvalue weighted by molar-refractivity contribution is 0.734. The predicted octanol–water partition coefficient (Wildman–Crippen LogP) is 3.91. The summed E-state index contributed by atoms with van der Waals surface area (Å²) < 4.78 is 0. The molecule has 1 heterocycles. The molecule has 0 aliphatic heterocycles. The van der Waals surface area contributed by atoms with E-state index in [0.29, 0.717) is 11.0 Å². The van der Waals surface area contributed by atoms with Crippen LogP contribution in [-0.4, -0.2) is 4.98 Å². The molecule has 0 unspecified atom stereocenters. The molecular formula is C13H16N2S. The molecule has 0 amide bonds. The largest absolute Gasteiger partial charge is 0.375 e. The number of hydrogen-bond acceptors (Lipinski definition) is 3. The first kappa shape index (κ1) is 11.1. The zero-order valence-electron chi connectivity index (χ0n) is 9.60. The van der Waals surface area contributed by atoms with Crippen LogP contribution in [0.4, 0.5) is 5.13 Å². The van der Waals surface area contributed by atoms with Crippen molar-refractivity contribution in [3.8, 4) is 11.3 Å². The third-order valence-electron chi connectivity index (χ3n) is 2.91. The first-order valence-corrected chi connectivity index (χ1v) is 6.40. The molecule has 0 fully saturated rings. The number of aromatic nitrogens is 1. The normalized spacial score (nSPS) is 12.6. The van der Waals surface area contributed by atoms with Crippen molar-refractivity contribution in [3.05, 3.63) is 35.2 Å². The molecule has 84 valence electrons. The van der Waals surface area contributed by atoms with Crippen molar-refractivity contribution < 1.29 is 0 Å². The van der Waals surface area contributed by atoms with Crippen molar-refractivity contribution in [2.75, 3.05) is 5.73 Å². The van der Waals surface area contributed by atoms with Crippen LogP contribution >= 0.6 is 11.3 Å². The molecule has 1 atom stereocenters. The summed E-state index contributed by atoms with van der Waals surface area (Å²) in [6.45, 7) is 4.45. The van der Waals surface area contributed by atoms with E-state index in [2.05, 4.69) is 43.1 Å². The highest BCUT2D eigenvalue weighted by atomic mass is 32.1. The summed E-state index contributed by atoms with van der Waals surface area (Å²) in [6, 6.07) is 8.60. The average molecular weight is 232 g/mol. The van der Waals surface area contributed by atoms with Gasteiger partial charge in [0.15, 0.2) is 5.13 Å². The van der Waals surface area contributed by atoms with E-state index < -0.39 is 0 Å². The molecule has 1 aromatic carbocycles. The van der Waals surface area contributed by atoms with E-state index in [1.807, 2.05) is 5.38 Å². The van der Waals surface area contributed by atoms with Gasteiger partial charge in [-0.05, 0) is 17.9 Å². The van der Waals surface area contributed by atoms with Crippen LogP contribution in [0.3, 0.4) is 0 Å². The first-order valence-electron chi connectivity index (χ1n) is 5.52. The fourth-order valence-corrected chi connectivity index (χ4v) is 2.21. The highest BCUT2D eigenvalue weighted by molar-refractivity contribution is 7.13. The third kappa shape index (κ3) is 2.25. The summed E-state index contributed by atoms with van der Waals surface area (Å²) >= 11 is 1.48. The van der Waals surface area contributed by atoms with Gasteiger partial charge in [0.2, 0.25) is 0 Å². The lowest BCUT2D eigenvalue weighted by atomic mass is 9.97. The Morgan fingerprint density at radius 3 is 2.50 bits per heavy atom. The fourth-order valence-electron chi connectivity index (χ4n) is 1.64. The van der Waals surface area contributed by atoms with E-state index in [1.54, 1.807) is 0 Å². The standard InChI is InChI=1S/C13H16N2S/c1-3-9(2)10-4-6-11(7-5-10)12-8-16-13(14)15-12/h4-9H,3H2,1-2H3,(H2,14,15)/t9-/m0/s1. The first-order chi connectivity index (χ1) is 7.70. The van der Waals surface area contributed by atoms with Gasteiger partial charge >= 0.3 is 0 Å². The number of rotatable bonds is 3.